The van der Waals surface area contributed by atoms with Crippen LogP contribution in [0.2, 0.25) is 0 Å². The Hall–Kier alpha value is -1.87. The molecule has 1 amide bonds. The number of benzene rings is 1. The van der Waals surface area contributed by atoms with Crippen molar-refractivity contribution in [1.29, 1.82) is 0 Å². The zero-order chi connectivity index (χ0) is 13.1. The lowest BCUT2D eigenvalue weighted by molar-refractivity contribution is 0.0951. The first-order valence-corrected chi connectivity index (χ1v) is 6.62. The zero-order valence-corrected chi connectivity index (χ0v) is 12.0. The zero-order valence-electron chi connectivity index (χ0n) is 11.1. The molecule has 0 saturated carbocycles. The van der Waals surface area contributed by atoms with Crippen molar-refractivity contribution in [1.82, 2.24) is 10.3 Å². The largest absolute Gasteiger partial charge is 0.348 e. The van der Waals surface area contributed by atoms with Gasteiger partial charge in [-0.15, -0.1) is 12.4 Å². The Morgan fingerprint density at radius 3 is 2.65 bits per heavy atom. The Bertz CT molecular complexity index is 599. The van der Waals surface area contributed by atoms with Gasteiger partial charge in [0.05, 0.1) is 0 Å². The van der Waals surface area contributed by atoms with Crippen LogP contribution in [0.15, 0.2) is 42.7 Å². The number of nitrogens with one attached hydrogen (secondary N) is 1. The van der Waals surface area contributed by atoms with Crippen LogP contribution in [0.5, 0.6) is 0 Å². The van der Waals surface area contributed by atoms with E-state index in [1.807, 2.05) is 0 Å². The minimum Gasteiger partial charge on any atom is -0.348 e. The van der Waals surface area contributed by atoms with Gasteiger partial charge in [-0.25, -0.2) is 0 Å². The first-order valence-electron chi connectivity index (χ1n) is 6.62. The summed E-state index contributed by atoms with van der Waals surface area (Å²) in [6.07, 6.45) is 6.87. The summed E-state index contributed by atoms with van der Waals surface area (Å²) in [5, 5.41) is 2.94. The highest BCUT2D eigenvalue weighted by Gasteiger charge is 2.11. The molecule has 20 heavy (non-hydrogen) atoms. The Morgan fingerprint density at radius 2 is 1.85 bits per heavy atom. The van der Waals surface area contributed by atoms with E-state index in [0.717, 1.165) is 0 Å². The first-order chi connectivity index (χ1) is 9.33. The lowest BCUT2D eigenvalue weighted by Gasteiger charge is -2.07. The third-order valence-corrected chi connectivity index (χ3v) is 3.56. The number of rotatable bonds is 3. The van der Waals surface area contributed by atoms with Gasteiger partial charge in [-0.3, -0.25) is 9.78 Å². The maximum absolute atomic E-state index is 11.9. The fourth-order valence-corrected chi connectivity index (χ4v) is 2.52. The number of amides is 1. The van der Waals surface area contributed by atoms with E-state index in [1.165, 1.54) is 36.0 Å². The molecule has 0 aliphatic heterocycles. The van der Waals surface area contributed by atoms with Crippen LogP contribution in [0.25, 0.3) is 0 Å². The summed E-state index contributed by atoms with van der Waals surface area (Å²) in [6, 6.07) is 9.96. The monoisotopic (exact) mass is 288 g/mol. The number of halogens is 1. The van der Waals surface area contributed by atoms with Crippen molar-refractivity contribution in [2.75, 3.05) is 0 Å². The van der Waals surface area contributed by atoms with Crippen LogP contribution in [-0.4, -0.2) is 10.9 Å². The summed E-state index contributed by atoms with van der Waals surface area (Å²) >= 11 is 0. The van der Waals surface area contributed by atoms with Crippen molar-refractivity contribution in [2.24, 2.45) is 0 Å². The van der Waals surface area contributed by atoms with Crippen molar-refractivity contribution in [3.05, 3.63) is 65.0 Å². The van der Waals surface area contributed by atoms with Crippen LogP contribution in [0.4, 0.5) is 0 Å². The lowest BCUT2D eigenvalue weighted by atomic mass is 10.1. The predicted molar refractivity (Wildman–Crippen MR) is 81.1 cm³/mol. The molecule has 0 radical (unpaired) electrons. The molecule has 1 N–H and O–H groups in total. The molecule has 3 rings (SSSR count). The quantitative estimate of drug-likeness (QED) is 0.943. The molecule has 2 aromatic rings. The normalized spacial score (nSPS) is 12.4. The van der Waals surface area contributed by atoms with Crippen LogP contribution in [0.1, 0.15) is 33.5 Å². The number of hydrogen-bond donors (Lipinski definition) is 1. The van der Waals surface area contributed by atoms with Gasteiger partial charge in [0.15, 0.2) is 0 Å². The number of aromatic nitrogens is 1. The van der Waals surface area contributed by atoms with E-state index in [0.29, 0.717) is 12.1 Å². The number of carbonyl (C=O) groups excluding carboxylic acids is 1. The summed E-state index contributed by atoms with van der Waals surface area (Å²) < 4.78 is 0. The fraction of sp³-hybridized carbons (Fsp3) is 0.250. The van der Waals surface area contributed by atoms with Crippen molar-refractivity contribution in [2.45, 2.75) is 25.8 Å². The highest BCUT2D eigenvalue weighted by atomic mass is 35.5. The highest BCUT2D eigenvalue weighted by molar-refractivity contribution is 5.93. The Balaban J connectivity index is 0.00000147. The van der Waals surface area contributed by atoms with Gasteiger partial charge < -0.3 is 5.32 Å². The van der Waals surface area contributed by atoms with E-state index < -0.39 is 0 Å². The fourth-order valence-electron chi connectivity index (χ4n) is 2.52. The van der Waals surface area contributed by atoms with Crippen molar-refractivity contribution in [3.63, 3.8) is 0 Å². The predicted octanol–water partition coefficient (Wildman–Crippen LogP) is 2.92. The molecule has 0 saturated heterocycles. The maximum atomic E-state index is 11.9. The SMILES string of the molecule is Cl.O=C(NCc1ccc2c(c1)CCC2)c1ccncc1. The van der Waals surface area contributed by atoms with Crippen LogP contribution >= 0.6 is 12.4 Å². The Kier molecular flexibility index (Phi) is 4.74. The van der Waals surface area contributed by atoms with E-state index in [9.17, 15) is 4.79 Å². The maximum Gasteiger partial charge on any atom is 0.251 e. The molecule has 0 atom stereocenters. The molecule has 1 aliphatic rings. The molecule has 0 spiro atoms. The average Bonchev–Trinajstić information content (AvgIpc) is 2.93. The van der Waals surface area contributed by atoms with Gasteiger partial charge in [-0.2, -0.15) is 0 Å². The number of pyridine rings is 1. The molecule has 1 aromatic carbocycles. The van der Waals surface area contributed by atoms with Gasteiger partial charge in [0, 0.05) is 24.5 Å². The summed E-state index contributed by atoms with van der Waals surface area (Å²) in [5.74, 6) is -0.0529. The van der Waals surface area contributed by atoms with Crippen LogP contribution in [0, 0.1) is 0 Å². The molecule has 1 heterocycles. The second-order valence-corrected chi connectivity index (χ2v) is 4.88. The van der Waals surface area contributed by atoms with E-state index in [4.69, 9.17) is 0 Å². The number of carbonyl (C=O) groups is 1. The summed E-state index contributed by atoms with van der Waals surface area (Å²) in [4.78, 5) is 15.8. The molecule has 4 heteroatoms. The minimum absolute atomic E-state index is 0. The standard InChI is InChI=1S/C16H16N2O.ClH/c19-16(14-6-8-17-9-7-14)18-11-12-4-5-13-2-1-3-15(13)10-12;/h4-10H,1-3,11H2,(H,18,19);1H. The molecule has 1 aromatic heterocycles. The van der Waals surface area contributed by atoms with Crippen LogP contribution < -0.4 is 5.32 Å². The third-order valence-electron chi connectivity index (χ3n) is 3.56. The molecule has 1 aliphatic carbocycles. The van der Waals surface area contributed by atoms with E-state index in [-0.39, 0.29) is 18.3 Å². The topological polar surface area (TPSA) is 42.0 Å². The van der Waals surface area contributed by atoms with E-state index in [2.05, 4.69) is 28.5 Å². The summed E-state index contributed by atoms with van der Waals surface area (Å²) in [6.45, 7) is 0.578. The van der Waals surface area contributed by atoms with Gasteiger partial charge >= 0.3 is 0 Å². The van der Waals surface area contributed by atoms with Gasteiger partial charge in [0.2, 0.25) is 0 Å². The van der Waals surface area contributed by atoms with Gasteiger partial charge in [-0.1, -0.05) is 18.2 Å². The van der Waals surface area contributed by atoms with Crippen molar-refractivity contribution in [3.8, 4) is 0 Å². The summed E-state index contributed by atoms with van der Waals surface area (Å²) in [7, 11) is 0. The van der Waals surface area contributed by atoms with Crippen LogP contribution in [-0.2, 0) is 19.4 Å². The number of nitrogens with zero attached hydrogens (tertiary/aromatic N) is 1. The van der Waals surface area contributed by atoms with Crippen molar-refractivity contribution >= 4 is 18.3 Å². The minimum atomic E-state index is -0.0529. The third kappa shape index (κ3) is 3.17. The summed E-state index contributed by atoms with van der Waals surface area (Å²) in [5.41, 5.74) is 4.72. The molecule has 0 bridgehead atoms. The van der Waals surface area contributed by atoms with Gasteiger partial charge in [-0.05, 0) is 48.1 Å². The van der Waals surface area contributed by atoms with Crippen molar-refractivity contribution < 1.29 is 4.79 Å². The second kappa shape index (κ2) is 6.53. The van der Waals surface area contributed by atoms with Gasteiger partial charge in [0.25, 0.3) is 5.91 Å². The Labute approximate surface area is 124 Å². The van der Waals surface area contributed by atoms with Gasteiger partial charge in [0.1, 0.15) is 0 Å². The molecular formula is C16H17ClN2O. The second-order valence-electron chi connectivity index (χ2n) is 4.88. The Morgan fingerprint density at radius 1 is 1.10 bits per heavy atom. The number of fused-ring (bicyclic) bond motifs is 1. The van der Waals surface area contributed by atoms with E-state index >= 15 is 0 Å². The smallest absolute Gasteiger partial charge is 0.251 e. The highest BCUT2D eigenvalue weighted by Crippen LogP contribution is 2.22. The molecule has 0 fully saturated rings. The molecular weight excluding hydrogens is 272 g/mol. The lowest BCUT2D eigenvalue weighted by Crippen LogP contribution is -2.22. The number of hydrogen-bond acceptors (Lipinski definition) is 2. The van der Waals surface area contributed by atoms with Crippen LogP contribution in [0.3, 0.4) is 0 Å². The molecule has 3 nitrogen and oxygen atoms in total. The number of aryl methyl sites for hydroxylation is 2. The first kappa shape index (κ1) is 14.5. The van der Waals surface area contributed by atoms with E-state index in [1.54, 1.807) is 24.5 Å². The molecule has 0 unspecified atom stereocenters. The molecule has 104 valence electrons. The average molecular weight is 289 g/mol.